The zero-order valence-electron chi connectivity index (χ0n) is 8.46. The van der Waals surface area contributed by atoms with Crippen molar-refractivity contribution in [1.29, 1.82) is 0 Å². The molecule has 0 aliphatic rings. The van der Waals surface area contributed by atoms with Crippen molar-refractivity contribution in [2.45, 2.75) is 27.2 Å². The number of nitrogens with zero attached hydrogens (tertiary/aromatic N) is 1. The summed E-state index contributed by atoms with van der Waals surface area (Å²) in [6.45, 7) is 6.23. The van der Waals surface area contributed by atoms with E-state index in [0.29, 0.717) is 0 Å². The van der Waals surface area contributed by atoms with Gasteiger partial charge in [-0.2, -0.15) is 5.10 Å². The molecule has 0 unspecified atom stereocenters. The Morgan fingerprint density at radius 2 is 1.77 bits per heavy atom. The molecule has 0 bridgehead atoms. The summed E-state index contributed by atoms with van der Waals surface area (Å²) in [5.74, 6) is 5.30. The minimum Gasteiger partial charge on any atom is -0.323 e. The van der Waals surface area contributed by atoms with Gasteiger partial charge < -0.3 is 5.84 Å². The molecule has 0 saturated heterocycles. The fourth-order valence-electron chi connectivity index (χ4n) is 1.51. The Bertz CT molecular complexity index is 307. The molecule has 0 aliphatic heterocycles. The third-order valence-electron chi connectivity index (χ3n) is 2.05. The van der Waals surface area contributed by atoms with Crippen LogP contribution in [-0.4, -0.2) is 5.71 Å². The van der Waals surface area contributed by atoms with Crippen LogP contribution < -0.4 is 5.84 Å². The Hall–Kier alpha value is -1.31. The molecule has 0 saturated carbocycles. The van der Waals surface area contributed by atoms with Gasteiger partial charge in [0.1, 0.15) is 0 Å². The standard InChI is InChI=1S/C11H16N2/c1-4-11(13-12)10-6-8(2)5-9(3)7-10/h5-7H,4,12H2,1-3H3/b13-11+. The third kappa shape index (κ3) is 2.31. The van der Waals surface area contributed by atoms with Crippen molar-refractivity contribution in [3.63, 3.8) is 0 Å². The van der Waals surface area contributed by atoms with E-state index in [-0.39, 0.29) is 0 Å². The van der Waals surface area contributed by atoms with Crippen LogP contribution in [0, 0.1) is 13.8 Å². The Morgan fingerprint density at radius 3 is 2.15 bits per heavy atom. The molecule has 2 nitrogen and oxygen atoms in total. The highest BCUT2D eigenvalue weighted by Crippen LogP contribution is 2.11. The molecule has 0 fully saturated rings. The molecule has 1 rings (SSSR count). The quantitative estimate of drug-likeness (QED) is 0.419. The fourth-order valence-corrected chi connectivity index (χ4v) is 1.51. The lowest BCUT2D eigenvalue weighted by Crippen LogP contribution is -2.03. The average molecular weight is 176 g/mol. The maximum Gasteiger partial charge on any atom is 0.0670 e. The lowest BCUT2D eigenvalue weighted by atomic mass is 10.0. The van der Waals surface area contributed by atoms with Crippen molar-refractivity contribution in [1.82, 2.24) is 0 Å². The van der Waals surface area contributed by atoms with Crippen molar-refractivity contribution in [2.75, 3.05) is 0 Å². The number of hydrogen-bond donors (Lipinski definition) is 1. The molecule has 13 heavy (non-hydrogen) atoms. The second-order valence-corrected chi connectivity index (χ2v) is 3.31. The van der Waals surface area contributed by atoms with E-state index in [1.807, 2.05) is 0 Å². The monoisotopic (exact) mass is 176 g/mol. The van der Waals surface area contributed by atoms with Gasteiger partial charge in [0, 0.05) is 0 Å². The largest absolute Gasteiger partial charge is 0.323 e. The summed E-state index contributed by atoms with van der Waals surface area (Å²) in [7, 11) is 0. The second kappa shape index (κ2) is 4.08. The first-order valence-corrected chi connectivity index (χ1v) is 4.52. The van der Waals surface area contributed by atoms with Crippen LogP contribution in [0.4, 0.5) is 0 Å². The van der Waals surface area contributed by atoms with Gasteiger partial charge in [-0.05, 0) is 25.8 Å². The van der Waals surface area contributed by atoms with Gasteiger partial charge in [0.05, 0.1) is 5.71 Å². The molecule has 1 aromatic carbocycles. The summed E-state index contributed by atoms with van der Waals surface area (Å²) in [5.41, 5.74) is 4.61. The maximum absolute atomic E-state index is 5.30. The molecule has 0 aromatic heterocycles. The molecule has 2 heteroatoms. The molecule has 0 aliphatic carbocycles. The van der Waals surface area contributed by atoms with Gasteiger partial charge in [-0.3, -0.25) is 0 Å². The molecule has 0 radical (unpaired) electrons. The van der Waals surface area contributed by atoms with E-state index in [2.05, 4.69) is 44.1 Å². The molecular weight excluding hydrogens is 160 g/mol. The van der Waals surface area contributed by atoms with Crippen LogP contribution in [0.15, 0.2) is 23.3 Å². The van der Waals surface area contributed by atoms with Gasteiger partial charge in [0.15, 0.2) is 0 Å². The van der Waals surface area contributed by atoms with Crippen LogP contribution >= 0.6 is 0 Å². The Morgan fingerprint density at radius 1 is 1.23 bits per heavy atom. The molecule has 1 aromatic rings. The lowest BCUT2D eigenvalue weighted by molar-refractivity contribution is 1.17. The lowest BCUT2D eigenvalue weighted by Gasteiger charge is -2.05. The van der Waals surface area contributed by atoms with Crippen molar-refractivity contribution in [3.05, 3.63) is 34.9 Å². The summed E-state index contributed by atoms with van der Waals surface area (Å²) in [4.78, 5) is 0. The SMILES string of the molecule is CC/C(=N\N)c1cc(C)cc(C)c1. The third-order valence-corrected chi connectivity index (χ3v) is 2.05. The van der Waals surface area contributed by atoms with Gasteiger partial charge in [0.25, 0.3) is 0 Å². The van der Waals surface area contributed by atoms with Gasteiger partial charge in [0.2, 0.25) is 0 Å². The van der Waals surface area contributed by atoms with Crippen LogP contribution in [0.5, 0.6) is 0 Å². The second-order valence-electron chi connectivity index (χ2n) is 3.31. The Balaban J connectivity index is 3.14. The van der Waals surface area contributed by atoms with E-state index < -0.39 is 0 Å². The van der Waals surface area contributed by atoms with Gasteiger partial charge in [-0.25, -0.2) is 0 Å². The van der Waals surface area contributed by atoms with Crippen LogP contribution in [0.2, 0.25) is 0 Å². The first-order valence-electron chi connectivity index (χ1n) is 4.52. The first kappa shape index (κ1) is 9.78. The fraction of sp³-hybridized carbons (Fsp3) is 0.364. The highest BCUT2D eigenvalue weighted by Gasteiger charge is 2.01. The molecule has 2 N–H and O–H groups in total. The Labute approximate surface area is 79.5 Å². The van der Waals surface area contributed by atoms with Gasteiger partial charge in [-0.15, -0.1) is 0 Å². The van der Waals surface area contributed by atoms with Crippen LogP contribution in [0.25, 0.3) is 0 Å². The number of nitrogens with two attached hydrogens (primary N) is 1. The number of benzene rings is 1. The maximum atomic E-state index is 5.30. The van der Waals surface area contributed by atoms with Crippen molar-refractivity contribution in [3.8, 4) is 0 Å². The number of hydrazone groups is 1. The van der Waals surface area contributed by atoms with Crippen molar-refractivity contribution < 1.29 is 0 Å². The van der Waals surface area contributed by atoms with E-state index in [4.69, 9.17) is 5.84 Å². The van der Waals surface area contributed by atoms with Crippen LogP contribution in [-0.2, 0) is 0 Å². The molecule has 0 heterocycles. The number of aryl methyl sites for hydroxylation is 2. The summed E-state index contributed by atoms with van der Waals surface area (Å²) >= 11 is 0. The predicted molar refractivity (Wildman–Crippen MR) is 56.9 cm³/mol. The molecular formula is C11H16N2. The molecule has 70 valence electrons. The zero-order valence-corrected chi connectivity index (χ0v) is 8.46. The average Bonchev–Trinajstić information content (AvgIpc) is 2.04. The molecule has 0 spiro atoms. The molecule has 0 atom stereocenters. The smallest absolute Gasteiger partial charge is 0.0670 e. The minimum absolute atomic E-state index is 0.874. The normalized spacial score (nSPS) is 11.8. The van der Waals surface area contributed by atoms with Crippen LogP contribution in [0.1, 0.15) is 30.0 Å². The summed E-state index contributed by atoms with van der Waals surface area (Å²) in [6, 6.07) is 6.37. The van der Waals surface area contributed by atoms with E-state index in [0.717, 1.165) is 17.7 Å². The highest BCUT2D eigenvalue weighted by molar-refractivity contribution is 6.00. The Kier molecular flexibility index (Phi) is 3.07. The highest BCUT2D eigenvalue weighted by atomic mass is 15.1. The number of hydrogen-bond acceptors (Lipinski definition) is 2. The summed E-state index contributed by atoms with van der Waals surface area (Å²) in [6.07, 6.45) is 0.874. The van der Waals surface area contributed by atoms with Gasteiger partial charge in [-0.1, -0.05) is 36.2 Å². The van der Waals surface area contributed by atoms with E-state index in [1.54, 1.807) is 0 Å². The zero-order chi connectivity index (χ0) is 9.84. The topological polar surface area (TPSA) is 38.4 Å². The van der Waals surface area contributed by atoms with E-state index in [1.165, 1.54) is 11.1 Å². The summed E-state index contributed by atoms with van der Waals surface area (Å²) < 4.78 is 0. The van der Waals surface area contributed by atoms with Gasteiger partial charge >= 0.3 is 0 Å². The first-order chi connectivity index (χ1) is 6.17. The summed E-state index contributed by atoms with van der Waals surface area (Å²) in [5, 5.41) is 3.78. The predicted octanol–water partition coefficient (Wildman–Crippen LogP) is 2.38. The van der Waals surface area contributed by atoms with E-state index >= 15 is 0 Å². The van der Waals surface area contributed by atoms with Crippen LogP contribution in [0.3, 0.4) is 0 Å². The molecule has 0 amide bonds. The van der Waals surface area contributed by atoms with Crippen molar-refractivity contribution >= 4 is 5.71 Å². The minimum atomic E-state index is 0.874. The van der Waals surface area contributed by atoms with E-state index in [9.17, 15) is 0 Å². The van der Waals surface area contributed by atoms with Crippen molar-refractivity contribution in [2.24, 2.45) is 10.9 Å². The number of rotatable bonds is 2.